The maximum atomic E-state index is 13.0. The first-order chi connectivity index (χ1) is 14.9. The van der Waals surface area contributed by atoms with E-state index in [1.54, 1.807) is 31.2 Å². The van der Waals surface area contributed by atoms with Crippen molar-refractivity contribution in [3.8, 4) is 0 Å². The fourth-order valence-electron chi connectivity index (χ4n) is 3.70. The van der Waals surface area contributed by atoms with Crippen LogP contribution in [-0.4, -0.2) is 53.1 Å². The van der Waals surface area contributed by atoms with Gasteiger partial charge in [-0.25, -0.2) is 0 Å². The van der Waals surface area contributed by atoms with Gasteiger partial charge in [0, 0.05) is 43.1 Å². The molecule has 0 saturated carbocycles. The summed E-state index contributed by atoms with van der Waals surface area (Å²) in [6.45, 7) is 8.93. The second-order valence-electron chi connectivity index (χ2n) is 7.73. The number of carbonyl (C=O) groups is 2. The zero-order valence-electron chi connectivity index (χ0n) is 17.9. The largest absolute Gasteiger partial charge is 0.368 e. The van der Waals surface area contributed by atoms with Gasteiger partial charge in [-0.15, -0.1) is 10.2 Å². The molecule has 3 aromatic rings. The average molecular weight is 436 g/mol. The Kier molecular flexibility index (Phi) is 5.99. The molecule has 0 bridgehead atoms. The van der Waals surface area contributed by atoms with Gasteiger partial charge < -0.3 is 15.1 Å². The van der Waals surface area contributed by atoms with Gasteiger partial charge in [0.2, 0.25) is 5.01 Å². The third-order valence-electron chi connectivity index (χ3n) is 5.36. The summed E-state index contributed by atoms with van der Waals surface area (Å²) < 4.78 is 0. The molecule has 31 heavy (non-hydrogen) atoms. The molecule has 1 fully saturated rings. The van der Waals surface area contributed by atoms with E-state index < -0.39 is 0 Å². The number of aromatic nitrogens is 2. The van der Waals surface area contributed by atoms with Gasteiger partial charge in [0.05, 0.1) is 0 Å². The number of carbonyl (C=O) groups excluding carboxylic acids is 2. The topological polar surface area (TPSA) is 78.4 Å². The van der Waals surface area contributed by atoms with Gasteiger partial charge in [0.25, 0.3) is 11.8 Å². The average Bonchev–Trinajstić information content (AvgIpc) is 3.22. The van der Waals surface area contributed by atoms with Gasteiger partial charge in [-0.05, 0) is 56.2 Å². The first-order valence-electron chi connectivity index (χ1n) is 10.2. The van der Waals surface area contributed by atoms with E-state index in [2.05, 4.69) is 52.5 Å². The van der Waals surface area contributed by atoms with Crippen LogP contribution in [0, 0.1) is 20.8 Å². The van der Waals surface area contributed by atoms with Crippen molar-refractivity contribution in [1.29, 1.82) is 0 Å². The Morgan fingerprint density at radius 3 is 2.45 bits per heavy atom. The number of nitrogens with zero attached hydrogens (tertiary/aromatic N) is 4. The molecule has 2 aromatic carbocycles. The van der Waals surface area contributed by atoms with E-state index in [0.717, 1.165) is 18.1 Å². The molecule has 1 aliphatic heterocycles. The van der Waals surface area contributed by atoms with Gasteiger partial charge in [-0.1, -0.05) is 29.5 Å². The minimum Gasteiger partial charge on any atom is -0.368 e. The Balaban J connectivity index is 1.40. The van der Waals surface area contributed by atoms with E-state index in [1.165, 1.54) is 28.2 Å². The predicted octanol–water partition coefficient (Wildman–Crippen LogP) is 3.68. The summed E-state index contributed by atoms with van der Waals surface area (Å²) in [5.74, 6) is -0.346. The highest BCUT2D eigenvalue weighted by Gasteiger charge is 2.23. The molecule has 0 aliphatic carbocycles. The minimum atomic E-state index is -0.322. The molecule has 0 unspecified atom stereocenters. The van der Waals surface area contributed by atoms with Gasteiger partial charge in [-0.2, -0.15) is 0 Å². The van der Waals surface area contributed by atoms with Crippen molar-refractivity contribution < 1.29 is 9.59 Å². The highest BCUT2D eigenvalue weighted by Crippen LogP contribution is 2.23. The number of piperazine rings is 1. The fraction of sp³-hybridized carbons (Fsp3) is 0.304. The lowest BCUT2D eigenvalue weighted by molar-refractivity contribution is 0.0746. The highest BCUT2D eigenvalue weighted by atomic mass is 32.1. The Labute approximate surface area is 185 Å². The van der Waals surface area contributed by atoms with Crippen LogP contribution in [0.15, 0.2) is 42.5 Å². The summed E-state index contributed by atoms with van der Waals surface area (Å²) >= 11 is 1.23. The third kappa shape index (κ3) is 4.74. The summed E-state index contributed by atoms with van der Waals surface area (Å²) in [6, 6.07) is 13.5. The molecule has 2 amide bonds. The van der Waals surface area contributed by atoms with E-state index in [9.17, 15) is 9.59 Å². The van der Waals surface area contributed by atoms with Crippen LogP contribution >= 0.6 is 11.3 Å². The maximum absolute atomic E-state index is 13.0. The van der Waals surface area contributed by atoms with Gasteiger partial charge in [-0.3, -0.25) is 9.59 Å². The van der Waals surface area contributed by atoms with Gasteiger partial charge in [0.15, 0.2) is 0 Å². The second-order valence-corrected chi connectivity index (χ2v) is 8.91. The number of anilines is 2. The van der Waals surface area contributed by atoms with Crippen molar-refractivity contribution in [1.82, 2.24) is 15.1 Å². The van der Waals surface area contributed by atoms with Crippen LogP contribution in [-0.2, 0) is 0 Å². The number of nitrogens with one attached hydrogen (secondary N) is 1. The number of benzene rings is 2. The summed E-state index contributed by atoms with van der Waals surface area (Å²) in [5, 5.41) is 11.6. The molecule has 1 N–H and O–H groups in total. The molecular formula is C23H25N5O2S. The Morgan fingerprint density at radius 2 is 1.74 bits per heavy atom. The van der Waals surface area contributed by atoms with Crippen LogP contribution < -0.4 is 10.2 Å². The molecular weight excluding hydrogens is 410 g/mol. The highest BCUT2D eigenvalue weighted by molar-refractivity contribution is 7.13. The van der Waals surface area contributed by atoms with Crippen molar-refractivity contribution >= 4 is 34.5 Å². The number of rotatable bonds is 4. The molecule has 0 spiro atoms. The second kappa shape index (κ2) is 8.85. The third-order valence-corrected chi connectivity index (χ3v) is 6.20. The molecule has 2 heterocycles. The molecule has 0 radical (unpaired) electrons. The van der Waals surface area contributed by atoms with Gasteiger partial charge in [0.1, 0.15) is 5.01 Å². The van der Waals surface area contributed by atoms with Crippen LogP contribution in [0.4, 0.5) is 11.4 Å². The van der Waals surface area contributed by atoms with E-state index in [0.29, 0.717) is 29.3 Å². The summed E-state index contributed by atoms with van der Waals surface area (Å²) in [4.78, 5) is 29.6. The molecule has 8 heteroatoms. The van der Waals surface area contributed by atoms with Crippen LogP contribution in [0.5, 0.6) is 0 Å². The number of aryl methyl sites for hydroxylation is 3. The number of amides is 2. The Morgan fingerprint density at radius 1 is 0.968 bits per heavy atom. The smallest absolute Gasteiger partial charge is 0.286 e. The summed E-state index contributed by atoms with van der Waals surface area (Å²) in [7, 11) is 0. The lowest BCUT2D eigenvalue weighted by Gasteiger charge is -2.37. The molecule has 4 rings (SSSR count). The molecule has 7 nitrogen and oxygen atoms in total. The summed E-state index contributed by atoms with van der Waals surface area (Å²) in [6.07, 6.45) is 0. The molecule has 160 valence electrons. The van der Waals surface area contributed by atoms with Crippen LogP contribution in [0.25, 0.3) is 0 Å². The SMILES string of the molecule is Cc1ccc(C)c(N2CCN(C(=O)c3cccc(NC(=O)c4nnc(C)s4)c3)CC2)c1. The first-order valence-corrected chi connectivity index (χ1v) is 11.1. The lowest BCUT2D eigenvalue weighted by atomic mass is 10.1. The van der Waals surface area contributed by atoms with Crippen LogP contribution in [0.3, 0.4) is 0 Å². The van der Waals surface area contributed by atoms with E-state index in [1.807, 2.05) is 4.90 Å². The Bertz CT molecular complexity index is 1120. The van der Waals surface area contributed by atoms with Crippen LogP contribution in [0.2, 0.25) is 0 Å². The first kappa shape index (κ1) is 21.0. The number of hydrogen-bond acceptors (Lipinski definition) is 6. The van der Waals surface area contributed by atoms with Crippen molar-refractivity contribution in [2.75, 3.05) is 36.4 Å². The van der Waals surface area contributed by atoms with Crippen molar-refractivity contribution in [2.24, 2.45) is 0 Å². The maximum Gasteiger partial charge on any atom is 0.286 e. The van der Waals surface area contributed by atoms with Crippen molar-refractivity contribution in [3.05, 3.63) is 69.2 Å². The zero-order chi connectivity index (χ0) is 22.0. The fourth-order valence-corrected chi connectivity index (χ4v) is 4.28. The molecule has 1 aliphatic rings. The zero-order valence-corrected chi connectivity index (χ0v) is 18.7. The normalized spacial score (nSPS) is 13.9. The lowest BCUT2D eigenvalue weighted by Crippen LogP contribution is -2.49. The van der Waals surface area contributed by atoms with E-state index >= 15 is 0 Å². The molecule has 0 atom stereocenters. The number of hydrogen-bond donors (Lipinski definition) is 1. The van der Waals surface area contributed by atoms with Crippen LogP contribution in [0.1, 0.15) is 36.3 Å². The van der Waals surface area contributed by atoms with Crippen molar-refractivity contribution in [3.63, 3.8) is 0 Å². The molecule has 1 saturated heterocycles. The quantitative estimate of drug-likeness (QED) is 0.676. The van der Waals surface area contributed by atoms with Crippen molar-refractivity contribution in [2.45, 2.75) is 20.8 Å². The standard InChI is InChI=1S/C23H25N5O2S/c1-15-7-8-16(2)20(13-15)27-9-11-28(12-10-27)23(30)18-5-4-6-19(14-18)24-21(29)22-26-25-17(3)31-22/h4-8,13-14H,9-12H2,1-3H3,(H,24,29). The molecule has 1 aromatic heterocycles. The van der Waals surface area contributed by atoms with E-state index in [-0.39, 0.29) is 11.8 Å². The summed E-state index contributed by atoms with van der Waals surface area (Å²) in [5.41, 5.74) is 4.86. The van der Waals surface area contributed by atoms with Gasteiger partial charge >= 0.3 is 0 Å². The van der Waals surface area contributed by atoms with E-state index in [4.69, 9.17) is 0 Å². The minimum absolute atomic E-state index is 0.0246. The monoisotopic (exact) mass is 435 g/mol. The Hall–Kier alpha value is -3.26. The predicted molar refractivity (Wildman–Crippen MR) is 123 cm³/mol.